The fourth-order valence-electron chi connectivity index (χ4n) is 5.73. The quantitative estimate of drug-likeness (QED) is 0.0364. The third-order valence-electron chi connectivity index (χ3n) is 8.88. The van der Waals surface area contributed by atoms with E-state index in [0.29, 0.717) is 19.4 Å². The zero-order valence-corrected chi connectivity index (χ0v) is 33.2. The maximum atomic E-state index is 12.5. The normalized spacial score (nSPS) is 12.6. The molecule has 0 aliphatic carbocycles. The molecule has 0 heterocycles. The fourth-order valence-corrected chi connectivity index (χ4v) is 5.73. The molecule has 0 aromatic rings. The molecule has 1 atom stereocenters. The van der Waals surface area contributed by atoms with Gasteiger partial charge in [-0.1, -0.05) is 179 Å². The van der Waals surface area contributed by atoms with Gasteiger partial charge in [0, 0.05) is 19.4 Å². The van der Waals surface area contributed by atoms with Crippen LogP contribution in [0.5, 0.6) is 0 Å². The number of esters is 2. The lowest BCUT2D eigenvalue weighted by atomic mass is 10.1. The number of hydrogen-bond donors (Lipinski definition) is 0. The summed E-state index contributed by atoms with van der Waals surface area (Å²) in [6.07, 6.45) is 48.4. The predicted molar refractivity (Wildman–Crippen MR) is 215 cm³/mol. The van der Waals surface area contributed by atoms with Gasteiger partial charge in [0.05, 0.1) is 6.61 Å². The highest BCUT2D eigenvalue weighted by Crippen LogP contribution is 2.13. The van der Waals surface area contributed by atoms with Crippen LogP contribution >= 0.6 is 0 Å². The summed E-state index contributed by atoms with van der Waals surface area (Å²) in [4.78, 5) is 24.9. The lowest BCUT2D eigenvalue weighted by Gasteiger charge is -2.18. The van der Waals surface area contributed by atoms with Crippen LogP contribution in [0.2, 0.25) is 0 Å². The van der Waals surface area contributed by atoms with Gasteiger partial charge in [0.15, 0.2) is 6.10 Å². The molecule has 50 heavy (non-hydrogen) atoms. The van der Waals surface area contributed by atoms with Crippen LogP contribution in [0.3, 0.4) is 0 Å². The number of ether oxygens (including phenoxy) is 3. The Labute approximate surface area is 310 Å². The third kappa shape index (κ3) is 38.7. The van der Waals surface area contributed by atoms with Gasteiger partial charge in [-0.25, -0.2) is 0 Å². The first-order chi connectivity index (χ1) is 24.6. The molecule has 5 heteroatoms. The average molecular weight is 701 g/mol. The SMILES string of the molecule is CC/C=C\C/C=C\C/C=C\C/C=C\CCCCCCC(=O)OCC(COCCCCCCCCCCCCCC)OC(=O)CCCCCCC. The Balaban J connectivity index is 4.12. The van der Waals surface area contributed by atoms with Crippen molar-refractivity contribution in [3.8, 4) is 0 Å². The van der Waals surface area contributed by atoms with Crippen LogP contribution in [-0.4, -0.2) is 37.9 Å². The van der Waals surface area contributed by atoms with Crippen molar-refractivity contribution in [2.75, 3.05) is 19.8 Å². The number of allylic oxidation sites excluding steroid dienone is 8. The van der Waals surface area contributed by atoms with E-state index in [9.17, 15) is 9.59 Å². The largest absolute Gasteiger partial charge is 0.462 e. The van der Waals surface area contributed by atoms with Crippen LogP contribution in [0.4, 0.5) is 0 Å². The Kier molecular flexibility index (Phi) is 39.5. The second kappa shape index (κ2) is 41.3. The van der Waals surface area contributed by atoms with Crippen molar-refractivity contribution < 1.29 is 23.8 Å². The minimum Gasteiger partial charge on any atom is -0.462 e. The van der Waals surface area contributed by atoms with Gasteiger partial charge >= 0.3 is 11.9 Å². The van der Waals surface area contributed by atoms with E-state index in [1.165, 1.54) is 77.0 Å². The maximum absolute atomic E-state index is 12.5. The zero-order chi connectivity index (χ0) is 36.4. The Hall–Kier alpha value is -2.14. The smallest absolute Gasteiger partial charge is 0.306 e. The molecule has 0 N–H and O–H groups in total. The highest BCUT2D eigenvalue weighted by molar-refractivity contribution is 5.70. The molecule has 0 saturated carbocycles. The second-order valence-corrected chi connectivity index (χ2v) is 13.9. The van der Waals surface area contributed by atoms with Crippen molar-refractivity contribution in [1.29, 1.82) is 0 Å². The van der Waals surface area contributed by atoms with Crippen molar-refractivity contribution in [1.82, 2.24) is 0 Å². The van der Waals surface area contributed by atoms with Gasteiger partial charge in [-0.05, 0) is 57.8 Å². The van der Waals surface area contributed by atoms with E-state index >= 15 is 0 Å². The zero-order valence-electron chi connectivity index (χ0n) is 33.2. The first kappa shape index (κ1) is 47.9. The molecule has 0 aromatic heterocycles. The first-order valence-corrected chi connectivity index (χ1v) is 21.2. The van der Waals surface area contributed by atoms with E-state index in [2.05, 4.69) is 69.4 Å². The van der Waals surface area contributed by atoms with Crippen LogP contribution in [0.25, 0.3) is 0 Å². The summed E-state index contributed by atoms with van der Waals surface area (Å²) in [5.41, 5.74) is 0. The van der Waals surface area contributed by atoms with Gasteiger partial charge in [0.25, 0.3) is 0 Å². The average Bonchev–Trinajstić information content (AvgIpc) is 3.11. The molecule has 0 amide bonds. The van der Waals surface area contributed by atoms with E-state index in [0.717, 1.165) is 89.9 Å². The van der Waals surface area contributed by atoms with Crippen molar-refractivity contribution in [2.24, 2.45) is 0 Å². The molecule has 0 bridgehead atoms. The van der Waals surface area contributed by atoms with E-state index in [-0.39, 0.29) is 25.2 Å². The summed E-state index contributed by atoms with van der Waals surface area (Å²) in [5, 5.41) is 0. The van der Waals surface area contributed by atoms with E-state index in [1.54, 1.807) is 0 Å². The van der Waals surface area contributed by atoms with Crippen LogP contribution in [0.15, 0.2) is 48.6 Å². The Morgan fingerprint density at radius 2 is 0.900 bits per heavy atom. The van der Waals surface area contributed by atoms with Gasteiger partial charge in [-0.15, -0.1) is 0 Å². The molecule has 0 spiro atoms. The topological polar surface area (TPSA) is 61.8 Å². The molecule has 290 valence electrons. The first-order valence-electron chi connectivity index (χ1n) is 21.2. The number of carbonyl (C=O) groups is 2. The van der Waals surface area contributed by atoms with Crippen molar-refractivity contribution >= 4 is 11.9 Å². The lowest BCUT2D eigenvalue weighted by molar-refractivity contribution is -0.163. The van der Waals surface area contributed by atoms with Crippen LogP contribution in [-0.2, 0) is 23.8 Å². The molecular weight excluding hydrogens is 620 g/mol. The molecule has 0 radical (unpaired) electrons. The summed E-state index contributed by atoms with van der Waals surface area (Å²) in [5.74, 6) is -0.435. The number of unbranched alkanes of at least 4 members (excludes halogenated alkanes) is 19. The second-order valence-electron chi connectivity index (χ2n) is 13.9. The molecule has 5 nitrogen and oxygen atoms in total. The Bertz CT molecular complexity index is 842. The van der Waals surface area contributed by atoms with Gasteiger partial charge in [-0.2, -0.15) is 0 Å². The summed E-state index contributed by atoms with van der Waals surface area (Å²) < 4.78 is 17.1. The van der Waals surface area contributed by atoms with Crippen molar-refractivity contribution in [3.63, 3.8) is 0 Å². The van der Waals surface area contributed by atoms with Gasteiger partial charge in [0.1, 0.15) is 6.61 Å². The monoisotopic (exact) mass is 701 g/mol. The third-order valence-corrected chi connectivity index (χ3v) is 8.88. The molecule has 1 unspecified atom stereocenters. The minimum atomic E-state index is -0.537. The summed E-state index contributed by atoms with van der Waals surface area (Å²) in [6.45, 7) is 7.62. The molecule has 0 saturated heterocycles. The van der Waals surface area contributed by atoms with E-state index < -0.39 is 6.10 Å². The molecule has 0 rings (SSSR count). The summed E-state index contributed by atoms with van der Waals surface area (Å²) in [6, 6.07) is 0. The lowest BCUT2D eigenvalue weighted by Crippen LogP contribution is -2.30. The number of hydrogen-bond acceptors (Lipinski definition) is 5. The molecule has 0 aliphatic heterocycles. The van der Waals surface area contributed by atoms with Crippen LogP contribution < -0.4 is 0 Å². The van der Waals surface area contributed by atoms with E-state index in [4.69, 9.17) is 14.2 Å². The summed E-state index contributed by atoms with van der Waals surface area (Å²) in [7, 11) is 0. The van der Waals surface area contributed by atoms with Crippen molar-refractivity contribution in [2.45, 2.75) is 207 Å². The van der Waals surface area contributed by atoms with E-state index in [1.807, 2.05) is 0 Å². The van der Waals surface area contributed by atoms with Crippen LogP contribution in [0, 0.1) is 0 Å². The molecular formula is C45H80O5. The van der Waals surface area contributed by atoms with Gasteiger partial charge < -0.3 is 14.2 Å². The van der Waals surface area contributed by atoms with Crippen LogP contribution in [0.1, 0.15) is 201 Å². The highest BCUT2D eigenvalue weighted by Gasteiger charge is 2.17. The molecule has 0 aliphatic rings. The highest BCUT2D eigenvalue weighted by atomic mass is 16.6. The van der Waals surface area contributed by atoms with Gasteiger partial charge in [-0.3, -0.25) is 9.59 Å². The molecule has 0 fully saturated rings. The van der Waals surface area contributed by atoms with Gasteiger partial charge in [0.2, 0.25) is 0 Å². The predicted octanol–water partition coefficient (Wildman–Crippen LogP) is 13.7. The molecule has 0 aromatic carbocycles. The Morgan fingerprint density at radius 3 is 1.44 bits per heavy atom. The fraction of sp³-hybridized carbons (Fsp3) is 0.778. The number of rotatable bonds is 38. The Morgan fingerprint density at radius 1 is 0.460 bits per heavy atom. The minimum absolute atomic E-state index is 0.0741. The maximum Gasteiger partial charge on any atom is 0.306 e. The number of carbonyl (C=O) groups excluding carboxylic acids is 2. The summed E-state index contributed by atoms with van der Waals surface area (Å²) >= 11 is 0. The van der Waals surface area contributed by atoms with Crippen molar-refractivity contribution in [3.05, 3.63) is 48.6 Å². The standard InChI is InChI=1S/C45H80O5/c1-4-7-10-13-15-17-19-21-22-23-24-25-26-28-30-33-35-38-44(46)49-42-43(50-45(47)39-36-32-12-9-6-3)41-48-40-37-34-31-29-27-20-18-16-14-11-8-5-2/h7,10,15,17,21-22,24-25,43H,4-6,8-9,11-14,16,18-20,23,26-42H2,1-3H3/b10-7-,17-15-,22-21-,25-24-.